The highest BCUT2D eigenvalue weighted by Crippen LogP contribution is 2.20. The van der Waals surface area contributed by atoms with Crippen LogP contribution in [-0.2, 0) is 13.2 Å². The molecule has 1 aromatic heterocycles. The van der Waals surface area contributed by atoms with Gasteiger partial charge in [0, 0.05) is 10.7 Å². The number of aliphatic hydroxyl groups excluding tert-OH is 1. The van der Waals surface area contributed by atoms with Crippen LogP contribution < -0.4 is 5.32 Å². The summed E-state index contributed by atoms with van der Waals surface area (Å²) in [7, 11) is 0. The van der Waals surface area contributed by atoms with Gasteiger partial charge in [-0.05, 0) is 36.8 Å². The second kappa shape index (κ2) is 5.25. The Hall–Kier alpha value is -1.45. The second-order valence-corrected chi connectivity index (χ2v) is 4.25. The van der Waals surface area contributed by atoms with Gasteiger partial charge in [-0.15, -0.1) is 0 Å². The highest BCUT2D eigenvalue weighted by molar-refractivity contribution is 6.31. The molecule has 0 spiro atoms. The largest absolute Gasteiger partial charge is 0.462 e. The van der Waals surface area contributed by atoms with Gasteiger partial charge in [-0.2, -0.15) is 0 Å². The third kappa shape index (κ3) is 3.02. The summed E-state index contributed by atoms with van der Waals surface area (Å²) in [5.41, 5.74) is 2.00. The molecule has 0 aliphatic carbocycles. The molecule has 0 atom stereocenters. The molecular weight excluding hydrogens is 238 g/mol. The molecule has 0 radical (unpaired) electrons. The van der Waals surface area contributed by atoms with E-state index in [-0.39, 0.29) is 6.61 Å². The Labute approximate surface area is 105 Å². The topological polar surface area (TPSA) is 45.4 Å². The molecule has 0 aliphatic rings. The molecule has 1 heterocycles. The zero-order chi connectivity index (χ0) is 12.3. The zero-order valence-electron chi connectivity index (χ0n) is 9.53. The molecule has 0 bridgehead atoms. The van der Waals surface area contributed by atoms with E-state index in [2.05, 4.69) is 5.32 Å². The van der Waals surface area contributed by atoms with Gasteiger partial charge in [-0.1, -0.05) is 17.7 Å². The van der Waals surface area contributed by atoms with Crippen LogP contribution in [0.5, 0.6) is 0 Å². The first kappa shape index (κ1) is 12.0. The summed E-state index contributed by atoms with van der Waals surface area (Å²) >= 11 is 6.03. The molecule has 2 rings (SSSR count). The van der Waals surface area contributed by atoms with Crippen molar-refractivity contribution < 1.29 is 9.52 Å². The lowest BCUT2D eigenvalue weighted by atomic mass is 10.2. The van der Waals surface area contributed by atoms with Crippen LogP contribution in [0.1, 0.15) is 17.1 Å². The van der Waals surface area contributed by atoms with Gasteiger partial charge in [0.2, 0.25) is 0 Å². The lowest BCUT2D eigenvalue weighted by Gasteiger charge is -2.06. The third-order valence-corrected chi connectivity index (χ3v) is 2.92. The smallest absolute Gasteiger partial charge is 0.129 e. The fourth-order valence-electron chi connectivity index (χ4n) is 1.49. The predicted molar refractivity (Wildman–Crippen MR) is 68.1 cm³/mol. The predicted octanol–water partition coefficient (Wildman–Crippen LogP) is 3.35. The Kier molecular flexibility index (Phi) is 3.71. The van der Waals surface area contributed by atoms with Gasteiger partial charge in [0.05, 0.1) is 6.54 Å². The molecule has 17 heavy (non-hydrogen) atoms. The molecule has 0 unspecified atom stereocenters. The minimum atomic E-state index is -0.0731. The van der Waals surface area contributed by atoms with Crippen LogP contribution in [-0.4, -0.2) is 5.11 Å². The fourth-order valence-corrected chi connectivity index (χ4v) is 1.67. The van der Waals surface area contributed by atoms with Crippen LogP contribution in [0.3, 0.4) is 0 Å². The number of aliphatic hydroxyl groups is 1. The van der Waals surface area contributed by atoms with Crippen LogP contribution in [0.25, 0.3) is 0 Å². The van der Waals surface area contributed by atoms with Crippen LogP contribution in [0, 0.1) is 6.92 Å². The summed E-state index contributed by atoms with van der Waals surface area (Å²) in [5, 5.41) is 12.8. The van der Waals surface area contributed by atoms with Gasteiger partial charge in [0.1, 0.15) is 18.1 Å². The molecule has 2 N–H and O–H groups in total. The standard InChI is InChI=1S/C13H14ClNO2/c1-9-2-3-10(6-13(9)14)15-7-11-4-5-12(8-16)17-11/h2-6,15-16H,7-8H2,1H3. The quantitative estimate of drug-likeness (QED) is 0.876. The SMILES string of the molecule is Cc1ccc(NCc2ccc(CO)o2)cc1Cl. The van der Waals surface area contributed by atoms with Gasteiger partial charge in [0.25, 0.3) is 0 Å². The Bertz CT molecular complexity index is 508. The van der Waals surface area contributed by atoms with Gasteiger partial charge in [-0.3, -0.25) is 0 Å². The van der Waals surface area contributed by atoms with E-state index in [9.17, 15) is 0 Å². The molecule has 0 aliphatic heterocycles. The maximum absolute atomic E-state index is 8.87. The maximum Gasteiger partial charge on any atom is 0.129 e. The first-order valence-corrected chi connectivity index (χ1v) is 5.75. The summed E-state index contributed by atoms with van der Waals surface area (Å²) in [6.07, 6.45) is 0. The number of anilines is 1. The normalized spacial score (nSPS) is 10.5. The highest BCUT2D eigenvalue weighted by atomic mass is 35.5. The van der Waals surface area contributed by atoms with Crippen LogP contribution in [0.2, 0.25) is 5.02 Å². The number of halogens is 1. The molecule has 90 valence electrons. The van der Waals surface area contributed by atoms with E-state index in [1.165, 1.54) is 0 Å². The van der Waals surface area contributed by atoms with E-state index in [4.69, 9.17) is 21.1 Å². The van der Waals surface area contributed by atoms with E-state index in [1.54, 1.807) is 6.07 Å². The van der Waals surface area contributed by atoms with Crippen molar-refractivity contribution in [3.05, 3.63) is 52.4 Å². The Morgan fingerprint density at radius 3 is 2.65 bits per heavy atom. The minimum Gasteiger partial charge on any atom is -0.462 e. The maximum atomic E-state index is 8.87. The first-order valence-electron chi connectivity index (χ1n) is 5.37. The number of nitrogens with one attached hydrogen (secondary N) is 1. The summed E-state index contributed by atoms with van der Waals surface area (Å²) in [5.74, 6) is 1.36. The molecule has 0 saturated heterocycles. The van der Waals surface area contributed by atoms with Crippen molar-refractivity contribution in [3.8, 4) is 0 Å². The molecular formula is C13H14ClNO2. The average molecular weight is 252 g/mol. The lowest BCUT2D eigenvalue weighted by molar-refractivity contribution is 0.244. The van der Waals surface area contributed by atoms with Crippen molar-refractivity contribution in [1.29, 1.82) is 0 Å². The van der Waals surface area contributed by atoms with Crippen molar-refractivity contribution in [2.24, 2.45) is 0 Å². The number of hydrogen-bond acceptors (Lipinski definition) is 3. The van der Waals surface area contributed by atoms with Crippen molar-refractivity contribution in [2.75, 3.05) is 5.32 Å². The molecule has 1 aromatic carbocycles. The second-order valence-electron chi connectivity index (χ2n) is 3.84. The highest BCUT2D eigenvalue weighted by Gasteiger charge is 2.02. The van der Waals surface area contributed by atoms with Crippen LogP contribution in [0.15, 0.2) is 34.7 Å². The minimum absolute atomic E-state index is 0.0731. The van der Waals surface area contributed by atoms with E-state index in [1.807, 2.05) is 31.2 Å². The monoisotopic (exact) mass is 251 g/mol. The summed E-state index contributed by atoms with van der Waals surface area (Å²) in [6, 6.07) is 9.42. The van der Waals surface area contributed by atoms with Crippen molar-refractivity contribution >= 4 is 17.3 Å². The third-order valence-electron chi connectivity index (χ3n) is 2.51. The average Bonchev–Trinajstić information content (AvgIpc) is 2.79. The van der Waals surface area contributed by atoms with Crippen LogP contribution in [0.4, 0.5) is 5.69 Å². The van der Waals surface area contributed by atoms with E-state index < -0.39 is 0 Å². The van der Waals surface area contributed by atoms with Gasteiger partial charge in [0.15, 0.2) is 0 Å². The summed E-state index contributed by atoms with van der Waals surface area (Å²) < 4.78 is 5.36. The Balaban J connectivity index is 1.99. The number of benzene rings is 1. The van der Waals surface area contributed by atoms with Crippen molar-refractivity contribution in [3.63, 3.8) is 0 Å². The first-order chi connectivity index (χ1) is 8.19. The molecule has 0 amide bonds. The van der Waals surface area contributed by atoms with Crippen molar-refractivity contribution in [1.82, 2.24) is 0 Å². The molecule has 0 fully saturated rings. The van der Waals surface area contributed by atoms with Gasteiger partial charge in [-0.25, -0.2) is 0 Å². The van der Waals surface area contributed by atoms with Crippen LogP contribution >= 0.6 is 11.6 Å². The fraction of sp³-hybridized carbons (Fsp3) is 0.231. The lowest BCUT2D eigenvalue weighted by Crippen LogP contribution is -1.98. The molecule has 4 heteroatoms. The van der Waals surface area contributed by atoms with Crippen molar-refractivity contribution in [2.45, 2.75) is 20.1 Å². The number of aryl methyl sites for hydroxylation is 1. The molecule has 3 nitrogen and oxygen atoms in total. The number of hydrogen-bond donors (Lipinski definition) is 2. The zero-order valence-corrected chi connectivity index (χ0v) is 10.3. The summed E-state index contributed by atoms with van der Waals surface area (Å²) in [6.45, 7) is 2.46. The molecule has 2 aromatic rings. The summed E-state index contributed by atoms with van der Waals surface area (Å²) in [4.78, 5) is 0. The van der Waals surface area contributed by atoms with E-state index in [0.29, 0.717) is 12.3 Å². The number of furan rings is 1. The van der Waals surface area contributed by atoms with E-state index in [0.717, 1.165) is 22.0 Å². The van der Waals surface area contributed by atoms with E-state index >= 15 is 0 Å². The van der Waals surface area contributed by atoms with Gasteiger partial charge >= 0.3 is 0 Å². The Morgan fingerprint density at radius 2 is 2.00 bits per heavy atom. The molecule has 0 saturated carbocycles. The van der Waals surface area contributed by atoms with Gasteiger partial charge < -0.3 is 14.8 Å². The number of rotatable bonds is 4. The Morgan fingerprint density at radius 1 is 1.24 bits per heavy atom.